The molecule has 0 spiro atoms. The number of halogens is 1. The highest BCUT2D eigenvalue weighted by Crippen LogP contribution is 2.22. The van der Waals surface area contributed by atoms with Crippen LogP contribution in [0.3, 0.4) is 0 Å². The Labute approximate surface area is 222 Å². The van der Waals surface area contributed by atoms with Gasteiger partial charge in [-0.1, -0.05) is 54.6 Å². The van der Waals surface area contributed by atoms with Crippen LogP contribution in [-0.4, -0.2) is 56.8 Å². The molecule has 0 aliphatic rings. The fourth-order valence-electron chi connectivity index (χ4n) is 4.00. The third-order valence-corrected chi connectivity index (χ3v) is 7.14. The molecule has 10 heteroatoms. The molecule has 0 aliphatic heterocycles. The van der Waals surface area contributed by atoms with E-state index in [9.17, 15) is 27.2 Å². The fourth-order valence-corrected chi connectivity index (χ4v) is 4.84. The van der Waals surface area contributed by atoms with E-state index in [1.807, 2.05) is 30.3 Å². The lowest BCUT2D eigenvalue weighted by atomic mass is 10.0. The van der Waals surface area contributed by atoms with Gasteiger partial charge in [-0.3, -0.25) is 18.7 Å². The van der Waals surface area contributed by atoms with Crippen molar-refractivity contribution in [3.63, 3.8) is 0 Å². The van der Waals surface area contributed by atoms with Crippen LogP contribution in [0, 0.1) is 5.82 Å². The van der Waals surface area contributed by atoms with Crippen molar-refractivity contribution in [2.75, 3.05) is 24.2 Å². The monoisotopic (exact) mass is 539 g/mol. The largest absolute Gasteiger partial charge is 0.357 e. The molecular formula is C28H30FN3O5S. The van der Waals surface area contributed by atoms with Crippen molar-refractivity contribution in [2.45, 2.75) is 25.9 Å². The molecule has 3 aromatic carbocycles. The molecule has 0 fully saturated rings. The van der Waals surface area contributed by atoms with E-state index in [0.29, 0.717) is 11.1 Å². The van der Waals surface area contributed by atoms with Crippen molar-refractivity contribution < 1.29 is 27.2 Å². The molecule has 3 aromatic rings. The van der Waals surface area contributed by atoms with Gasteiger partial charge in [-0.15, -0.1) is 0 Å². The highest BCUT2D eigenvalue weighted by Gasteiger charge is 2.32. The number of amides is 2. The molecule has 0 saturated carbocycles. The van der Waals surface area contributed by atoms with Crippen LogP contribution in [0.15, 0.2) is 78.9 Å². The number of Topliss-reactive ketones (excluding diaryl/α,β-unsaturated/α-hetero) is 1. The summed E-state index contributed by atoms with van der Waals surface area (Å²) in [4.78, 5) is 40.0. The van der Waals surface area contributed by atoms with Crippen molar-refractivity contribution in [1.29, 1.82) is 0 Å². The maximum atomic E-state index is 13.8. The first kappa shape index (κ1) is 28.5. The number of hydrogen-bond acceptors (Lipinski definition) is 5. The Balaban J connectivity index is 2.03. The maximum absolute atomic E-state index is 13.8. The Morgan fingerprint density at radius 2 is 1.58 bits per heavy atom. The van der Waals surface area contributed by atoms with Gasteiger partial charge in [-0.05, 0) is 42.3 Å². The summed E-state index contributed by atoms with van der Waals surface area (Å²) in [5, 5.41) is 2.59. The molecule has 0 unspecified atom stereocenters. The molecule has 1 N–H and O–H groups in total. The van der Waals surface area contributed by atoms with Crippen LogP contribution in [0.4, 0.5) is 10.1 Å². The normalized spacial score (nSPS) is 11.9. The number of likely N-dealkylation sites (N-methyl/N-ethyl adjacent to an activating group) is 1. The van der Waals surface area contributed by atoms with Gasteiger partial charge in [-0.25, -0.2) is 12.8 Å². The predicted octanol–water partition coefficient (Wildman–Crippen LogP) is 3.18. The van der Waals surface area contributed by atoms with Crippen LogP contribution in [0.2, 0.25) is 0 Å². The SMILES string of the molecule is CNC(=O)[C@H](Cc1ccccc1)N(Cc1ccc(F)cc1)C(=O)CN(c1cccc(C(C)=O)c1)S(C)(=O)=O. The van der Waals surface area contributed by atoms with E-state index in [1.165, 1.54) is 61.3 Å². The zero-order chi connectivity index (χ0) is 27.9. The molecule has 2 amide bonds. The Kier molecular flexibility index (Phi) is 9.35. The van der Waals surface area contributed by atoms with Crippen molar-refractivity contribution in [3.8, 4) is 0 Å². The van der Waals surface area contributed by atoms with Gasteiger partial charge in [-0.2, -0.15) is 0 Å². The van der Waals surface area contributed by atoms with E-state index >= 15 is 0 Å². The molecule has 8 nitrogen and oxygen atoms in total. The minimum Gasteiger partial charge on any atom is -0.357 e. The summed E-state index contributed by atoms with van der Waals surface area (Å²) >= 11 is 0. The second-order valence-electron chi connectivity index (χ2n) is 8.84. The number of carbonyl (C=O) groups is 3. The first-order valence-electron chi connectivity index (χ1n) is 11.9. The molecule has 0 aromatic heterocycles. The topological polar surface area (TPSA) is 104 Å². The third-order valence-electron chi connectivity index (χ3n) is 6.00. The lowest BCUT2D eigenvalue weighted by Crippen LogP contribution is -2.52. The Hall–Kier alpha value is -4.05. The smallest absolute Gasteiger partial charge is 0.244 e. The lowest BCUT2D eigenvalue weighted by molar-refractivity contribution is -0.139. The van der Waals surface area contributed by atoms with Gasteiger partial charge in [0.2, 0.25) is 21.8 Å². The number of nitrogens with zero attached hydrogens (tertiary/aromatic N) is 2. The van der Waals surface area contributed by atoms with Gasteiger partial charge < -0.3 is 10.2 Å². The first-order chi connectivity index (χ1) is 18.0. The Morgan fingerprint density at radius 1 is 0.921 bits per heavy atom. The Morgan fingerprint density at radius 3 is 2.16 bits per heavy atom. The minimum atomic E-state index is -3.95. The summed E-state index contributed by atoms with van der Waals surface area (Å²) in [7, 11) is -2.50. The van der Waals surface area contributed by atoms with Crippen LogP contribution in [0.1, 0.15) is 28.4 Å². The molecule has 0 radical (unpaired) electrons. The number of hydrogen-bond donors (Lipinski definition) is 1. The van der Waals surface area contributed by atoms with E-state index in [0.717, 1.165) is 16.1 Å². The number of carbonyl (C=O) groups excluding carboxylic acids is 3. The molecule has 1 atom stereocenters. The Bertz CT molecular complexity index is 1400. The summed E-state index contributed by atoms with van der Waals surface area (Å²) < 4.78 is 40.0. The number of benzene rings is 3. The molecular weight excluding hydrogens is 509 g/mol. The fraction of sp³-hybridized carbons (Fsp3) is 0.250. The van der Waals surface area contributed by atoms with Gasteiger partial charge in [0.05, 0.1) is 11.9 Å². The number of sulfonamides is 1. The van der Waals surface area contributed by atoms with Crippen LogP contribution in [0.5, 0.6) is 0 Å². The number of rotatable bonds is 11. The summed E-state index contributed by atoms with van der Waals surface area (Å²) in [5.41, 5.74) is 1.80. The van der Waals surface area contributed by atoms with Crippen molar-refractivity contribution in [1.82, 2.24) is 10.2 Å². The molecule has 200 valence electrons. The summed E-state index contributed by atoms with van der Waals surface area (Å²) in [5.74, 6) is -1.79. The highest BCUT2D eigenvalue weighted by atomic mass is 32.2. The second-order valence-corrected chi connectivity index (χ2v) is 10.8. The number of ketones is 1. The van der Waals surface area contributed by atoms with Gasteiger partial charge in [0.1, 0.15) is 18.4 Å². The van der Waals surface area contributed by atoms with Crippen LogP contribution in [-0.2, 0) is 32.6 Å². The zero-order valence-electron chi connectivity index (χ0n) is 21.4. The van der Waals surface area contributed by atoms with E-state index in [2.05, 4.69) is 5.32 Å². The van der Waals surface area contributed by atoms with Gasteiger partial charge in [0, 0.05) is 25.6 Å². The average Bonchev–Trinajstić information content (AvgIpc) is 2.89. The molecule has 38 heavy (non-hydrogen) atoms. The van der Waals surface area contributed by atoms with E-state index in [-0.39, 0.29) is 24.4 Å². The van der Waals surface area contributed by atoms with Crippen LogP contribution >= 0.6 is 0 Å². The van der Waals surface area contributed by atoms with Gasteiger partial charge in [0.25, 0.3) is 0 Å². The molecule has 3 rings (SSSR count). The molecule has 0 saturated heterocycles. The minimum absolute atomic E-state index is 0.0604. The molecule has 0 bridgehead atoms. The summed E-state index contributed by atoms with van der Waals surface area (Å²) in [6, 6.07) is 19.6. The second kappa shape index (κ2) is 12.5. The van der Waals surface area contributed by atoms with Crippen molar-refractivity contribution >= 4 is 33.3 Å². The zero-order valence-corrected chi connectivity index (χ0v) is 22.2. The lowest BCUT2D eigenvalue weighted by Gasteiger charge is -2.33. The maximum Gasteiger partial charge on any atom is 0.244 e. The van der Waals surface area contributed by atoms with Crippen LogP contribution in [0.25, 0.3) is 0 Å². The third kappa shape index (κ3) is 7.48. The number of nitrogens with one attached hydrogen (secondary N) is 1. The predicted molar refractivity (Wildman–Crippen MR) is 144 cm³/mol. The van der Waals surface area contributed by atoms with E-state index in [1.54, 1.807) is 6.07 Å². The van der Waals surface area contributed by atoms with Crippen molar-refractivity contribution in [3.05, 3.63) is 101 Å². The van der Waals surface area contributed by atoms with E-state index < -0.39 is 40.2 Å². The standard InChI is InChI=1S/C28H30FN3O5S/c1-20(33)23-10-7-11-25(17-23)32(38(3,36)37)19-27(34)31(18-22-12-14-24(29)15-13-22)26(28(35)30-2)16-21-8-5-4-6-9-21/h4-15,17,26H,16,18-19H2,1-3H3,(H,30,35)/t26-/m0/s1. The van der Waals surface area contributed by atoms with Gasteiger partial charge in [0.15, 0.2) is 5.78 Å². The van der Waals surface area contributed by atoms with E-state index in [4.69, 9.17) is 0 Å². The van der Waals surface area contributed by atoms with Crippen molar-refractivity contribution in [2.24, 2.45) is 0 Å². The first-order valence-corrected chi connectivity index (χ1v) is 13.7. The number of anilines is 1. The molecule has 0 heterocycles. The van der Waals surface area contributed by atoms with Gasteiger partial charge >= 0.3 is 0 Å². The van der Waals surface area contributed by atoms with Crippen LogP contribution < -0.4 is 9.62 Å². The summed E-state index contributed by atoms with van der Waals surface area (Å²) in [6.07, 6.45) is 1.14. The quantitative estimate of drug-likeness (QED) is 0.377. The summed E-state index contributed by atoms with van der Waals surface area (Å²) in [6.45, 7) is 0.690. The average molecular weight is 540 g/mol. The molecule has 0 aliphatic carbocycles. The highest BCUT2D eigenvalue weighted by molar-refractivity contribution is 7.92.